The molecule has 3 aromatic rings. The van der Waals surface area contributed by atoms with Gasteiger partial charge in [-0.2, -0.15) is 4.31 Å². The van der Waals surface area contributed by atoms with Crippen LogP contribution in [0.25, 0.3) is 0 Å². The van der Waals surface area contributed by atoms with E-state index in [4.69, 9.17) is 9.47 Å². The van der Waals surface area contributed by atoms with Crippen LogP contribution in [0.5, 0.6) is 6.01 Å². The highest BCUT2D eigenvalue weighted by Crippen LogP contribution is 2.31. The number of piperazine rings is 1. The van der Waals surface area contributed by atoms with Crippen LogP contribution < -0.4 is 20.7 Å². The minimum Gasteiger partial charge on any atom is -0.461 e. The molecule has 1 unspecified atom stereocenters. The molecule has 2 fully saturated rings. The number of nitrogens with zero attached hydrogens (tertiary/aromatic N) is 3. The van der Waals surface area contributed by atoms with E-state index in [9.17, 15) is 22.4 Å². The normalized spacial score (nSPS) is 21.4. The molecule has 12 nitrogen and oxygen atoms in total. The van der Waals surface area contributed by atoms with E-state index in [1.807, 2.05) is 13.8 Å². The average molecular weight is 687 g/mol. The van der Waals surface area contributed by atoms with Gasteiger partial charge in [0.05, 0.1) is 19.0 Å². The highest BCUT2D eigenvalue weighted by Gasteiger charge is 2.38. The number of carbonyl (C=O) groups is 2. The maximum absolute atomic E-state index is 15.4. The Labute approximate surface area is 278 Å². The number of fused-ring (bicyclic) bond motifs is 2. The smallest absolute Gasteiger partial charge is 0.407 e. The first kappa shape index (κ1) is 35.1. The number of aromatic nitrogens is 2. The van der Waals surface area contributed by atoms with E-state index in [2.05, 4.69) is 25.9 Å². The molecule has 48 heavy (non-hydrogen) atoms. The topological polar surface area (TPSA) is 152 Å². The predicted molar refractivity (Wildman–Crippen MR) is 174 cm³/mol. The zero-order valence-corrected chi connectivity index (χ0v) is 27.8. The molecule has 3 N–H and O–H groups in total. The highest BCUT2D eigenvalue weighted by atomic mass is 32.2. The van der Waals surface area contributed by atoms with E-state index in [1.54, 1.807) is 0 Å². The zero-order chi connectivity index (χ0) is 34.4. The van der Waals surface area contributed by atoms with Gasteiger partial charge in [-0.1, -0.05) is 18.2 Å². The summed E-state index contributed by atoms with van der Waals surface area (Å²) in [6.45, 7) is 4.44. The van der Waals surface area contributed by atoms with Crippen molar-refractivity contribution in [2.75, 3.05) is 31.3 Å². The van der Waals surface area contributed by atoms with Gasteiger partial charge in [0, 0.05) is 54.7 Å². The van der Waals surface area contributed by atoms with Crippen LogP contribution >= 0.6 is 0 Å². The lowest BCUT2D eigenvalue weighted by molar-refractivity contribution is -0.118. The maximum atomic E-state index is 15.4. The van der Waals surface area contributed by atoms with Crippen molar-refractivity contribution < 1.29 is 36.3 Å². The van der Waals surface area contributed by atoms with Gasteiger partial charge in [0.1, 0.15) is 17.7 Å². The van der Waals surface area contributed by atoms with Crippen molar-refractivity contribution in [2.45, 2.75) is 69.7 Å². The molecule has 5 atom stereocenters. The van der Waals surface area contributed by atoms with Crippen LogP contribution in [0, 0.1) is 11.6 Å². The van der Waals surface area contributed by atoms with Gasteiger partial charge in [-0.15, -0.1) is 0 Å². The fourth-order valence-electron chi connectivity index (χ4n) is 6.19. The van der Waals surface area contributed by atoms with Gasteiger partial charge in [0.15, 0.2) is 0 Å². The van der Waals surface area contributed by atoms with Crippen molar-refractivity contribution in [3.63, 3.8) is 0 Å². The monoisotopic (exact) mass is 686 g/mol. The van der Waals surface area contributed by atoms with Crippen LogP contribution in [0.15, 0.2) is 54.9 Å². The molecular weight excluding hydrogens is 646 g/mol. The third-order valence-electron chi connectivity index (χ3n) is 8.52. The number of sulfonamides is 1. The van der Waals surface area contributed by atoms with Crippen LogP contribution in [0.3, 0.4) is 0 Å². The summed E-state index contributed by atoms with van der Waals surface area (Å²) in [5.41, 5.74) is 1.20. The SMILES string of the molecule is COC(=O)N[C@H](C(=O)Nc1cccc(F)c1CC[C@H]1CN[C@@H]2CCCS(=O)(=O)N1C2)[C@@H](c1ccc(F)cc1)c1cnc(OC(C)C)nc1. The summed E-state index contributed by atoms with van der Waals surface area (Å²) in [5.74, 6) is -2.66. The second-order valence-corrected chi connectivity index (χ2v) is 14.2. The summed E-state index contributed by atoms with van der Waals surface area (Å²) in [7, 11) is -2.30. The molecule has 0 radical (unpaired) electrons. The summed E-state index contributed by atoms with van der Waals surface area (Å²) in [5, 5.41) is 8.75. The number of carbonyl (C=O) groups excluding carboxylic acids is 2. The Morgan fingerprint density at radius 2 is 1.81 bits per heavy atom. The molecule has 0 aliphatic carbocycles. The van der Waals surface area contributed by atoms with Gasteiger partial charge in [0.2, 0.25) is 15.9 Å². The fourth-order valence-corrected chi connectivity index (χ4v) is 8.00. The lowest BCUT2D eigenvalue weighted by Gasteiger charge is -2.37. The number of hydrogen-bond acceptors (Lipinski definition) is 9. The van der Waals surface area contributed by atoms with Gasteiger partial charge >= 0.3 is 12.1 Å². The van der Waals surface area contributed by atoms with Gasteiger partial charge in [0.25, 0.3) is 0 Å². The van der Waals surface area contributed by atoms with E-state index in [-0.39, 0.29) is 47.6 Å². The number of benzene rings is 2. The number of hydrogen-bond donors (Lipinski definition) is 3. The first-order chi connectivity index (χ1) is 22.9. The second kappa shape index (κ2) is 15.3. The largest absolute Gasteiger partial charge is 0.461 e. The molecule has 3 heterocycles. The lowest BCUT2D eigenvalue weighted by atomic mass is 9.85. The average Bonchev–Trinajstić information content (AvgIpc) is 3.17. The standard InChI is InChI=1S/C33H40F2N6O6S/c1-20(2)47-32-37-16-22(17-38-32)29(21-9-11-23(34)12-10-21)30(40-33(43)46-3)31(42)39-28-8-4-7-27(35)26(28)14-13-25-18-36-24-6-5-15-48(44,45)41(25)19-24/h4,7-12,16-17,20,24-25,29-30,36H,5-6,13-15,18-19H2,1-3H3,(H,39,42)(H,40,43)/t24-,25+,29+,30+/m1/s1. The first-order valence-corrected chi connectivity index (χ1v) is 17.5. The Bertz CT molecular complexity index is 1690. The Morgan fingerprint density at radius 1 is 1.08 bits per heavy atom. The molecule has 5 rings (SSSR count). The predicted octanol–water partition coefficient (Wildman–Crippen LogP) is 3.74. The van der Waals surface area contributed by atoms with Crippen LogP contribution in [-0.4, -0.2) is 84.9 Å². The van der Waals surface area contributed by atoms with E-state index in [1.165, 1.54) is 59.2 Å². The fraction of sp³-hybridized carbons (Fsp3) is 0.455. The number of nitrogens with one attached hydrogen (secondary N) is 3. The van der Waals surface area contributed by atoms with E-state index in [0.717, 1.165) is 13.5 Å². The van der Waals surface area contributed by atoms with Crippen molar-refractivity contribution >= 4 is 27.7 Å². The summed E-state index contributed by atoms with van der Waals surface area (Å²) >= 11 is 0. The van der Waals surface area contributed by atoms with Gasteiger partial charge in [-0.25, -0.2) is 32.0 Å². The van der Waals surface area contributed by atoms with Crippen LogP contribution in [0.4, 0.5) is 19.3 Å². The van der Waals surface area contributed by atoms with Gasteiger partial charge < -0.3 is 25.4 Å². The van der Waals surface area contributed by atoms with E-state index in [0.29, 0.717) is 37.1 Å². The van der Waals surface area contributed by atoms with Gasteiger partial charge in [-0.3, -0.25) is 4.79 Å². The van der Waals surface area contributed by atoms with Crippen LogP contribution in [-0.2, 0) is 26.0 Å². The molecule has 2 aromatic carbocycles. The number of rotatable bonds is 11. The number of amides is 2. The number of anilines is 1. The Balaban J connectivity index is 1.44. The molecule has 2 aliphatic heterocycles. The summed E-state index contributed by atoms with van der Waals surface area (Å²) in [6, 6.07) is 8.11. The quantitative estimate of drug-likeness (QED) is 0.274. The van der Waals surface area contributed by atoms with Gasteiger partial charge in [-0.05, 0) is 74.9 Å². The molecule has 2 aliphatic rings. The zero-order valence-electron chi connectivity index (χ0n) is 27.0. The third kappa shape index (κ3) is 8.44. The maximum Gasteiger partial charge on any atom is 0.407 e. The third-order valence-corrected chi connectivity index (χ3v) is 10.5. The van der Waals surface area contributed by atoms with Crippen LogP contribution in [0.1, 0.15) is 55.7 Å². The molecular formula is C33H40F2N6O6S. The first-order valence-electron chi connectivity index (χ1n) is 15.8. The number of alkyl carbamates (subject to hydrolysis) is 1. The van der Waals surface area contributed by atoms with Crippen LogP contribution in [0.2, 0.25) is 0 Å². The van der Waals surface area contributed by atoms with Crippen molar-refractivity contribution in [3.05, 3.63) is 83.2 Å². The lowest BCUT2D eigenvalue weighted by Crippen LogP contribution is -2.57. The molecule has 2 amide bonds. The molecule has 0 spiro atoms. The highest BCUT2D eigenvalue weighted by molar-refractivity contribution is 7.89. The van der Waals surface area contributed by atoms with Crippen molar-refractivity contribution in [1.82, 2.24) is 24.9 Å². The Kier molecular flexibility index (Phi) is 11.2. The molecule has 258 valence electrons. The second-order valence-electron chi connectivity index (χ2n) is 12.2. The Morgan fingerprint density at radius 3 is 2.50 bits per heavy atom. The molecule has 15 heteroatoms. The molecule has 2 saturated heterocycles. The summed E-state index contributed by atoms with van der Waals surface area (Å²) in [6.07, 6.45) is 3.59. The van der Waals surface area contributed by atoms with Crippen molar-refractivity contribution in [2.24, 2.45) is 0 Å². The minimum atomic E-state index is -3.45. The van der Waals surface area contributed by atoms with Crippen molar-refractivity contribution in [1.29, 1.82) is 0 Å². The molecule has 1 aromatic heterocycles. The Hall–Kier alpha value is -4.21. The van der Waals surface area contributed by atoms with E-state index < -0.39 is 45.6 Å². The molecule has 2 bridgehead atoms. The number of halogens is 2. The summed E-state index contributed by atoms with van der Waals surface area (Å²) in [4.78, 5) is 35.2. The summed E-state index contributed by atoms with van der Waals surface area (Å²) < 4.78 is 67.2. The number of methoxy groups -OCH3 is 1. The molecule has 0 saturated carbocycles. The number of ether oxygens (including phenoxy) is 2. The van der Waals surface area contributed by atoms with E-state index >= 15 is 4.39 Å². The van der Waals surface area contributed by atoms with Crippen molar-refractivity contribution in [3.8, 4) is 6.01 Å². The minimum absolute atomic E-state index is 0.0744.